The van der Waals surface area contributed by atoms with Crippen molar-refractivity contribution in [1.82, 2.24) is 9.91 Å². The quantitative estimate of drug-likeness (QED) is 0.299. The van der Waals surface area contributed by atoms with Crippen molar-refractivity contribution in [3.63, 3.8) is 0 Å². The van der Waals surface area contributed by atoms with Crippen molar-refractivity contribution in [2.75, 3.05) is 33.3 Å². The molecule has 1 fully saturated rings. The highest BCUT2D eigenvalue weighted by molar-refractivity contribution is 5.81. The second-order valence-electron chi connectivity index (χ2n) is 9.50. The topological polar surface area (TPSA) is 37.3 Å². The van der Waals surface area contributed by atoms with Crippen LogP contribution in [-0.2, 0) is 6.61 Å². The molecule has 37 heavy (non-hydrogen) atoms. The monoisotopic (exact) mass is 489 g/mol. The van der Waals surface area contributed by atoms with Gasteiger partial charge in [0.15, 0.2) is 11.5 Å². The maximum absolute atomic E-state index is 5.99. The summed E-state index contributed by atoms with van der Waals surface area (Å²) in [6.45, 7) is 4.24. The molecular formula is C32H31N3O2. The molecule has 0 unspecified atom stereocenters. The Bertz CT molecular complexity index is 1350. The number of hydrogen-bond donors (Lipinski definition) is 0. The van der Waals surface area contributed by atoms with E-state index in [0.717, 1.165) is 43.1 Å². The van der Waals surface area contributed by atoms with E-state index in [9.17, 15) is 0 Å². The molecule has 5 nitrogen and oxygen atoms in total. The number of fused-ring (bicyclic) bond motifs is 3. The first-order chi connectivity index (χ1) is 18.3. The van der Waals surface area contributed by atoms with Gasteiger partial charge in [0.05, 0.1) is 19.4 Å². The lowest BCUT2D eigenvalue weighted by Crippen LogP contribution is -2.45. The molecule has 0 atom stereocenters. The van der Waals surface area contributed by atoms with E-state index >= 15 is 0 Å². The predicted octanol–water partition coefficient (Wildman–Crippen LogP) is 6.00. The molecular weight excluding hydrogens is 458 g/mol. The van der Waals surface area contributed by atoms with Crippen LogP contribution in [0.2, 0.25) is 0 Å². The van der Waals surface area contributed by atoms with Crippen LogP contribution in [0.3, 0.4) is 0 Å². The average Bonchev–Trinajstić information content (AvgIpc) is 3.30. The second kappa shape index (κ2) is 10.5. The van der Waals surface area contributed by atoms with Gasteiger partial charge < -0.3 is 9.47 Å². The van der Waals surface area contributed by atoms with Crippen molar-refractivity contribution in [2.24, 2.45) is 5.10 Å². The summed E-state index contributed by atoms with van der Waals surface area (Å²) < 4.78 is 11.6. The van der Waals surface area contributed by atoms with E-state index in [0.29, 0.717) is 18.4 Å². The number of nitrogens with zero attached hydrogens (tertiary/aromatic N) is 3. The number of hydrazone groups is 1. The Morgan fingerprint density at radius 3 is 2.08 bits per heavy atom. The molecule has 0 spiro atoms. The minimum absolute atomic E-state index is 0.325. The van der Waals surface area contributed by atoms with Crippen molar-refractivity contribution in [1.29, 1.82) is 0 Å². The van der Waals surface area contributed by atoms with E-state index < -0.39 is 0 Å². The van der Waals surface area contributed by atoms with Gasteiger partial charge in [-0.1, -0.05) is 78.9 Å². The summed E-state index contributed by atoms with van der Waals surface area (Å²) in [6, 6.07) is 34.1. The Hall–Kier alpha value is -4.09. The largest absolute Gasteiger partial charge is 0.493 e. The van der Waals surface area contributed by atoms with Crippen LogP contribution in [0.1, 0.15) is 28.3 Å². The SMILES string of the molecule is COc1cc(C=NN2CCN(C3c4ccccc4-c4ccccc43)CC2)ccc1OCc1ccccc1. The zero-order valence-corrected chi connectivity index (χ0v) is 21.1. The first-order valence-electron chi connectivity index (χ1n) is 12.9. The molecule has 0 radical (unpaired) electrons. The molecule has 5 heteroatoms. The normalized spacial score (nSPS) is 15.5. The average molecular weight is 490 g/mol. The number of benzene rings is 4. The van der Waals surface area contributed by atoms with Gasteiger partial charge in [0, 0.05) is 26.2 Å². The third kappa shape index (κ3) is 4.83. The van der Waals surface area contributed by atoms with E-state index in [1.807, 2.05) is 42.6 Å². The first-order valence-corrected chi connectivity index (χ1v) is 12.9. The summed E-state index contributed by atoms with van der Waals surface area (Å²) in [4.78, 5) is 2.60. The van der Waals surface area contributed by atoms with Gasteiger partial charge in [-0.2, -0.15) is 5.10 Å². The number of rotatable bonds is 7. The molecule has 0 bridgehead atoms. The summed E-state index contributed by atoms with van der Waals surface area (Å²) in [6.07, 6.45) is 1.92. The molecule has 0 N–H and O–H groups in total. The number of hydrogen-bond acceptors (Lipinski definition) is 5. The highest BCUT2D eigenvalue weighted by Crippen LogP contribution is 2.46. The molecule has 1 saturated heterocycles. The molecule has 0 amide bonds. The molecule has 4 aromatic rings. The van der Waals surface area contributed by atoms with Crippen LogP contribution in [0.4, 0.5) is 0 Å². The van der Waals surface area contributed by atoms with Gasteiger partial charge in [-0.15, -0.1) is 0 Å². The van der Waals surface area contributed by atoms with E-state index in [4.69, 9.17) is 14.6 Å². The van der Waals surface area contributed by atoms with Crippen LogP contribution in [0.5, 0.6) is 11.5 Å². The molecule has 1 aliphatic carbocycles. The molecule has 2 aliphatic rings. The fourth-order valence-electron chi connectivity index (χ4n) is 5.37. The molecule has 0 saturated carbocycles. The van der Waals surface area contributed by atoms with Crippen molar-refractivity contribution < 1.29 is 9.47 Å². The Kier molecular flexibility index (Phi) is 6.61. The standard InChI is InChI=1S/C32H31N3O2/c1-36-31-21-25(15-16-30(31)37-23-24-9-3-2-4-10-24)22-33-35-19-17-34(18-20-35)32-28-13-7-5-11-26(28)27-12-6-8-14-29(27)32/h2-16,21-22,32H,17-20,23H2,1H3. The molecule has 1 aliphatic heterocycles. The zero-order chi connectivity index (χ0) is 25.0. The van der Waals surface area contributed by atoms with Crippen LogP contribution >= 0.6 is 0 Å². The molecule has 1 heterocycles. The fourth-order valence-corrected chi connectivity index (χ4v) is 5.37. The first kappa shape index (κ1) is 23.3. The van der Waals surface area contributed by atoms with E-state index in [1.165, 1.54) is 22.3 Å². The lowest BCUT2D eigenvalue weighted by Gasteiger charge is -2.37. The van der Waals surface area contributed by atoms with Crippen molar-refractivity contribution in [3.8, 4) is 22.6 Å². The Morgan fingerprint density at radius 1 is 0.757 bits per heavy atom. The van der Waals surface area contributed by atoms with E-state index in [-0.39, 0.29) is 0 Å². The van der Waals surface area contributed by atoms with Gasteiger partial charge in [-0.3, -0.25) is 9.91 Å². The molecule has 4 aromatic carbocycles. The van der Waals surface area contributed by atoms with Gasteiger partial charge in [0.25, 0.3) is 0 Å². The van der Waals surface area contributed by atoms with Gasteiger partial charge >= 0.3 is 0 Å². The fraction of sp³-hybridized carbons (Fsp3) is 0.219. The van der Waals surface area contributed by atoms with Gasteiger partial charge in [-0.25, -0.2) is 0 Å². The second-order valence-corrected chi connectivity index (χ2v) is 9.50. The summed E-state index contributed by atoms with van der Waals surface area (Å²) >= 11 is 0. The van der Waals surface area contributed by atoms with Crippen LogP contribution in [0.15, 0.2) is 102 Å². The smallest absolute Gasteiger partial charge is 0.161 e. The number of methoxy groups -OCH3 is 1. The summed E-state index contributed by atoms with van der Waals surface area (Å²) in [5, 5.41) is 6.95. The summed E-state index contributed by atoms with van der Waals surface area (Å²) in [5.41, 5.74) is 7.69. The molecule has 6 rings (SSSR count). The lowest BCUT2D eigenvalue weighted by molar-refractivity contribution is 0.114. The lowest BCUT2D eigenvalue weighted by atomic mass is 10.0. The van der Waals surface area contributed by atoms with Crippen molar-refractivity contribution in [2.45, 2.75) is 12.6 Å². The van der Waals surface area contributed by atoms with Crippen LogP contribution in [0, 0.1) is 0 Å². The van der Waals surface area contributed by atoms with Crippen LogP contribution < -0.4 is 9.47 Å². The van der Waals surface area contributed by atoms with Crippen molar-refractivity contribution >= 4 is 6.21 Å². The van der Waals surface area contributed by atoms with Gasteiger partial charge in [-0.05, 0) is 51.6 Å². The highest BCUT2D eigenvalue weighted by Gasteiger charge is 2.33. The maximum atomic E-state index is 5.99. The minimum Gasteiger partial charge on any atom is -0.493 e. The predicted molar refractivity (Wildman–Crippen MR) is 148 cm³/mol. The third-order valence-corrected chi connectivity index (χ3v) is 7.25. The van der Waals surface area contributed by atoms with Crippen LogP contribution in [-0.4, -0.2) is 49.4 Å². The number of piperazine rings is 1. The summed E-state index contributed by atoms with van der Waals surface area (Å²) in [7, 11) is 1.67. The van der Waals surface area contributed by atoms with E-state index in [1.54, 1.807) is 7.11 Å². The Morgan fingerprint density at radius 2 is 1.41 bits per heavy atom. The minimum atomic E-state index is 0.325. The maximum Gasteiger partial charge on any atom is 0.161 e. The van der Waals surface area contributed by atoms with Gasteiger partial charge in [0.2, 0.25) is 0 Å². The Labute approximate surface area is 218 Å². The molecule has 0 aromatic heterocycles. The van der Waals surface area contributed by atoms with Crippen LogP contribution in [0.25, 0.3) is 11.1 Å². The zero-order valence-electron chi connectivity index (χ0n) is 21.1. The highest BCUT2D eigenvalue weighted by atomic mass is 16.5. The molecule has 186 valence electrons. The third-order valence-electron chi connectivity index (χ3n) is 7.25. The Balaban J connectivity index is 1.09. The van der Waals surface area contributed by atoms with Gasteiger partial charge in [0.1, 0.15) is 6.61 Å². The number of ether oxygens (including phenoxy) is 2. The summed E-state index contributed by atoms with van der Waals surface area (Å²) in [5.74, 6) is 1.44. The van der Waals surface area contributed by atoms with Crippen molar-refractivity contribution in [3.05, 3.63) is 119 Å². The van der Waals surface area contributed by atoms with E-state index in [2.05, 4.69) is 70.6 Å².